The van der Waals surface area contributed by atoms with Crippen molar-refractivity contribution in [3.63, 3.8) is 0 Å². The molecule has 0 spiro atoms. The average Bonchev–Trinajstić information content (AvgIpc) is 1.99. The first-order valence-corrected chi connectivity index (χ1v) is 4.58. The zero-order valence-electron chi connectivity index (χ0n) is 6.83. The van der Waals surface area contributed by atoms with Gasteiger partial charge in [0.25, 0.3) is 0 Å². The summed E-state index contributed by atoms with van der Waals surface area (Å²) in [5.74, 6) is -2.79. The lowest BCUT2D eigenvalue weighted by Gasteiger charge is -2.03. The van der Waals surface area contributed by atoms with Crippen molar-refractivity contribution in [3.8, 4) is 0 Å². The third-order valence-electron chi connectivity index (χ3n) is 1.54. The summed E-state index contributed by atoms with van der Waals surface area (Å²) in [5, 5.41) is 18.3. The largest absolute Gasteiger partial charge is 0.478 e. The highest BCUT2D eigenvalue weighted by Gasteiger charge is 2.27. The first-order chi connectivity index (χ1) is 6.86. The zero-order valence-corrected chi connectivity index (χ0v) is 9.17. The van der Waals surface area contributed by atoms with E-state index in [-0.39, 0.29) is 4.47 Å². The number of nitrogens with zero attached hydrogens (tertiary/aromatic N) is 1. The van der Waals surface area contributed by atoms with Crippen molar-refractivity contribution in [1.29, 1.82) is 0 Å². The van der Waals surface area contributed by atoms with Crippen LogP contribution in [-0.2, 0) is 0 Å². The molecule has 1 rings (SSSR count). The molecule has 0 saturated heterocycles. The van der Waals surface area contributed by atoms with Crippen LogP contribution in [0.25, 0.3) is 0 Å². The Hall–Kier alpha value is -1.21. The molecule has 80 valence electrons. The molecule has 0 aliphatic rings. The molecule has 0 unspecified atom stereocenters. The van der Waals surface area contributed by atoms with Crippen molar-refractivity contribution in [3.05, 3.63) is 37.1 Å². The lowest BCUT2D eigenvalue weighted by molar-refractivity contribution is -0.385. The normalized spacial score (nSPS) is 10.1. The smallest absolute Gasteiger partial charge is 0.340 e. The number of carbonyl (C=O) groups is 1. The van der Waals surface area contributed by atoms with Gasteiger partial charge in [-0.25, -0.2) is 9.18 Å². The monoisotopic (exact) mass is 297 g/mol. The van der Waals surface area contributed by atoms with Gasteiger partial charge < -0.3 is 5.11 Å². The minimum Gasteiger partial charge on any atom is -0.478 e. The highest BCUT2D eigenvalue weighted by Crippen LogP contribution is 2.36. The van der Waals surface area contributed by atoms with Crippen molar-refractivity contribution in [2.75, 3.05) is 0 Å². The van der Waals surface area contributed by atoms with Gasteiger partial charge in [-0.3, -0.25) is 10.1 Å². The maximum absolute atomic E-state index is 13.1. The number of nitro groups is 1. The predicted molar refractivity (Wildman–Crippen MR) is 52.7 cm³/mol. The van der Waals surface area contributed by atoms with Gasteiger partial charge in [-0.05, 0) is 22.0 Å². The number of hydrogen-bond donors (Lipinski definition) is 1. The van der Waals surface area contributed by atoms with E-state index in [1.807, 2.05) is 0 Å². The lowest BCUT2D eigenvalue weighted by Crippen LogP contribution is -2.04. The molecule has 0 atom stereocenters. The molecule has 0 radical (unpaired) electrons. The van der Waals surface area contributed by atoms with E-state index in [0.717, 1.165) is 0 Å². The Morgan fingerprint density at radius 1 is 1.67 bits per heavy atom. The number of hydrogen-bond acceptors (Lipinski definition) is 3. The van der Waals surface area contributed by atoms with E-state index < -0.39 is 33.0 Å². The number of carboxylic acids is 1. The van der Waals surface area contributed by atoms with Gasteiger partial charge in [-0.15, -0.1) is 0 Å². The topological polar surface area (TPSA) is 80.4 Å². The fourth-order valence-electron chi connectivity index (χ4n) is 0.943. The van der Waals surface area contributed by atoms with Crippen LogP contribution in [-0.4, -0.2) is 16.0 Å². The lowest BCUT2D eigenvalue weighted by atomic mass is 10.2. The van der Waals surface area contributed by atoms with Gasteiger partial charge in [0.05, 0.1) is 9.40 Å². The Labute approximate surface area is 95.7 Å². The van der Waals surface area contributed by atoms with Crippen LogP contribution in [0.1, 0.15) is 10.4 Å². The zero-order chi connectivity index (χ0) is 11.7. The summed E-state index contributed by atoms with van der Waals surface area (Å²) in [6.45, 7) is 0. The van der Waals surface area contributed by atoms with E-state index >= 15 is 0 Å². The molecular formula is C7H2BrClFNO4. The van der Waals surface area contributed by atoms with Gasteiger partial charge in [0.2, 0.25) is 0 Å². The molecule has 5 nitrogen and oxygen atoms in total. The molecule has 0 fully saturated rings. The van der Waals surface area contributed by atoms with E-state index in [4.69, 9.17) is 16.7 Å². The first kappa shape index (κ1) is 11.9. The number of carboxylic acid groups (broad SMARTS) is 1. The van der Waals surface area contributed by atoms with E-state index in [1.165, 1.54) is 0 Å². The average molecular weight is 298 g/mol. The van der Waals surface area contributed by atoms with Gasteiger partial charge in [-0.2, -0.15) is 0 Å². The third-order valence-corrected chi connectivity index (χ3v) is 2.51. The van der Waals surface area contributed by atoms with Crippen LogP contribution in [0, 0.1) is 15.9 Å². The summed E-state index contributed by atoms with van der Waals surface area (Å²) < 4.78 is 12.9. The van der Waals surface area contributed by atoms with Crippen LogP contribution in [0.2, 0.25) is 5.02 Å². The molecule has 1 aromatic rings. The second kappa shape index (κ2) is 4.11. The highest BCUT2D eigenvalue weighted by atomic mass is 79.9. The maximum Gasteiger partial charge on any atom is 0.340 e. The van der Waals surface area contributed by atoms with Crippen LogP contribution in [0.3, 0.4) is 0 Å². The fourth-order valence-corrected chi connectivity index (χ4v) is 1.94. The van der Waals surface area contributed by atoms with Gasteiger partial charge >= 0.3 is 11.7 Å². The summed E-state index contributed by atoms with van der Waals surface area (Å²) in [6, 6.07) is 0.688. The van der Waals surface area contributed by atoms with Crippen LogP contribution in [0.4, 0.5) is 10.1 Å². The number of rotatable bonds is 2. The molecule has 8 heteroatoms. The van der Waals surface area contributed by atoms with Gasteiger partial charge in [0.15, 0.2) is 0 Å². The van der Waals surface area contributed by atoms with Crippen LogP contribution in [0.5, 0.6) is 0 Å². The summed E-state index contributed by atoms with van der Waals surface area (Å²) in [7, 11) is 0. The van der Waals surface area contributed by atoms with E-state index in [0.29, 0.717) is 6.07 Å². The first-order valence-electron chi connectivity index (χ1n) is 3.41. The standard InChI is InChI=1S/C7H2BrClFNO4/c8-2-1-3(10)4(7(12)13)5(9)6(2)11(14)15/h1H,(H,12,13). The Bertz CT molecular complexity index is 427. The van der Waals surface area contributed by atoms with E-state index in [2.05, 4.69) is 15.9 Å². The summed E-state index contributed by atoms with van der Waals surface area (Å²) in [6.07, 6.45) is 0. The van der Waals surface area contributed by atoms with Gasteiger partial charge in [-0.1, -0.05) is 11.6 Å². The molecule has 0 amide bonds. The van der Waals surface area contributed by atoms with E-state index in [1.54, 1.807) is 0 Å². The van der Waals surface area contributed by atoms with Crippen molar-refractivity contribution >= 4 is 39.2 Å². The van der Waals surface area contributed by atoms with Gasteiger partial charge in [0, 0.05) is 0 Å². The van der Waals surface area contributed by atoms with Crippen molar-refractivity contribution < 1.29 is 19.2 Å². The van der Waals surface area contributed by atoms with Crippen LogP contribution in [0.15, 0.2) is 10.5 Å². The Balaban J connectivity index is 3.64. The van der Waals surface area contributed by atoms with Crippen LogP contribution < -0.4 is 0 Å². The predicted octanol–water partition coefficient (Wildman–Crippen LogP) is 2.85. The Morgan fingerprint density at radius 2 is 2.20 bits per heavy atom. The quantitative estimate of drug-likeness (QED) is 0.672. The minimum atomic E-state index is -1.66. The van der Waals surface area contributed by atoms with Crippen molar-refractivity contribution in [1.82, 2.24) is 0 Å². The number of benzene rings is 1. The highest BCUT2D eigenvalue weighted by molar-refractivity contribution is 9.10. The molecule has 0 saturated carbocycles. The molecule has 15 heavy (non-hydrogen) atoms. The minimum absolute atomic E-state index is 0.208. The molecular weight excluding hydrogens is 296 g/mol. The second-order valence-electron chi connectivity index (χ2n) is 2.44. The Morgan fingerprint density at radius 3 is 2.60 bits per heavy atom. The SMILES string of the molecule is O=C(O)c1c(F)cc(Br)c([N+](=O)[O-])c1Cl. The molecule has 0 heterocycles. The summed E-state index contributed by atoms with van der Waals surface area (Å²) in [5.41, 5.74) is -1.58. The van der Waals surface area contributed by atoms with Crippen molar-refractivity contribution in [2.45, 2.75) is 0 Å². The third kappa shape index (κ3) is 2.07. The summed E-state index contributed by atoms with van der Waals surface area (Å²) in [4.78, 5) is 20.2. The number of aromatic carboxylic acids is 1. The molecule has 1 aromatic carbocycles. The Kier molecular flexibility index (Phi) is 3.25. The molecule has 0 aromatic heterocycles. The fraction of sp³-hybridized carbons (Fsp3) is 0. The second-order valence-corrected chi connectivity index (χ2v) is 3.67. The summed E-state index contributed by atoms with van der Waals surface area (Å²) >= 11 is 8.14. The maximum atomic E-state index is 13.1. The number of nitro benzene ring substituents is 1. The van der Waals surface area contributed by atoms with Crippen molar-refractivity contribution in [2.24, 2.45) is 0 Å². The van der Waals surface area contributed by atoms with Gasteiger partial charge in [0.1, 0.15) is 16.4 Å². The molecule has 0 bridgehead atoms. The molecule has 0 aliphatic heterocycles. The molecule has 0 aliphatic carbocycles. The molecule has 1 N–H and O–H groups in total. The van der Waals surface area contributed by atoms with E-state index in [9.17, 15) is 19.3 Å². The number of halogens is 3. The van der Waals surface area contributed by atoms with Crippen LogP contribution >= 0.6 is 27.5 Å².